The molecule has 0 radical (unpaired) electrons. The predicted molar refractivity (Wildman–Crippen MR) is 74.0 cm³/mol. The molecule has 110 valence electrons. The van der Waals surface area contributed by atoms with E-state index in [1.54, 1.807) is 39.0 Å². The maximum atomic E-state index is 12.1. The molecule has 1 aliphatic heterocycles. The van der Waals surface area contributed by atoms with Gasteiger partial charge in [-0.1, -0.05) is 6.07 Å². The summed E-state index contributed by atoms with van der Waals surface area (Å²) in [4.78, 5) is 11.4. The van der Waals surface area contributed by atoms with Crippen molar-refractivity contribution in [3.05, 3.63) is 23.8 Å². The molecule has 1 aromatic rings. The molecule has 1 aromatic carbocycles. The standard InChI is InChI=1S/C13H17NO5S/c1-13(2,3)20(17)14-11(12(15)16)8-4-5-9-10(6-8)19-7-18-9/h4-6,11,14H,7H2,1-3H3,(H,15,16). The first kappa shape index (κ1) is 14.8. The van der Waals surface area contributed by atoms with Gasteiger partial charge in [-0.05, 0) is 38.5 Å². The Morgan fingerprint density at radius 3 is 2.60 bits per heavy atom. The van der Waals surface area contributed by atoms with Gasteiger partial charge in [0.15, 0.2) is 11.5 Å². The van der Waals surface area contributed by atoms with Gasteiger partial charge in [-0.25, -0.2) is 8.93 Å². The first-order valence-corrected chi connectivity index (χ1v) is 7.24. The minimum absolute atomic E-state index is 0.123. The Balaban J connectivity index is 2.25. The molecule has 0 spiro atoms. The van der Waals surface area contributed by atoms with Gasteiger partial charge in [0, 0.05) is 0 Å². The number of benzene rings is 1. The van der Waals surface area contributed by atoms with Gasteiger partial charge in [0.2, 0.25) is 6.79 Å². The van der Waals surface area contributed by atoms with Crippen LogP contribution in [0.5, 0.6) is 11.5 Å². The van der Waals surface area contributed by atoms with E-state index in [1.165, 1.54) is 0 Å². The van der Waals surface area contributed by atoms with Gasteiger partial charge in [-0.3, -0.25) is 4.79 Å². The third-order valence-corrected chi connectivity index (χ3v) is 4.32. The zero-order valence-corrected chi connectivity index (χ0v) is 12.3. The number of rotatable bonds is 4. The zero-order valence-electron chi connectivity index (χ0n) is 11.5. The van der Waals surface area contributed by atoms with Crippen LogP contribution in [0.3, 0.4) is 0 Å². The zero-order chi connectivity index (χ0) is 14.9. The molecule has 0 saturated heterocycles. The van der Waals surface area contributed by atoms with Crippen molar-refractivity contribution in [3.63, 3.8) is 0 Å². The molecule has 1 aliphatic rings. The van der Waals surface area contributed by atoms with Gasteiger partial charge in [0.1, 0.15) is 6.04 Å². The molecule has 1 heterocycles. The number of fused-ring (bicyclic) bond motifs is 1. The van der Waals surface area contributed by atoms with Crippen LogP contribution in [0, 0.1) is 0 Å². The van der Waals surface area contributed by atoms with Crippen LogP contribution in [0.15, 0.2) is 18.2 Å². The van der Waals surface area contributed by atoms with E-state index in [0.717, 1.165) is 0 Å². The largest absolute Gasteiger partial charge is 0.480 e. The first-order valence-electron chi connectivity index (χ1n) is 6.09. The molecule has 0 saturated carbocycles. The average molecular weight is 299 g/mol. The highest BCUT2D eigenvalue weighted by atomic mass is 32.2. The van der Waals surface area contributed by atoms with Crippen LogP contribution < -0.4 is 14.2 Å². The van der Waals surface area contributed by atoms with Crippen LogP contribution in [-0.4, -0.2) is 26.8 Å². The van der Waals surface area contributed by atoms with E-state index in [2.05, 4.69) is 4.72 Å². The van der Waals surface area contributed by atoms with Crippen molar-refractivity contribution < 1.29 is 23.6 Å². The summed E-state index contributed by atoms with van der Waals surface area (Å²) in [5.41, 5.74) is 0.472. The quantitative estimate of drug-likeness (QED) is 0.882. The third kappa shape index (κ3) is 3.10. The molecule has 2 atom stereocenters. The molecule has 6 nitrogen and oxygen atoms in total. The Labute approximate surface area is 119 Å². The number of hydrogen-bond donors (Lipinski definition) is 2. The summed E-state index contributed by atoms with van der Waals surface area (Å²) in [6.07, 6.45) is 0. The molecular weight excluding hydrogens is 282 g/mol. The lowest BCUT2D eigenvalue weighted by Crippen LogP contribution is -2.38. The van der Waals surface area contributed by atoms with Gasteiger partial charge in [0.05, 0.1) is 15.7 Å². The Kier molecular flexibility index (Phi) is 4.01. The van der Waals surface area contributed by atoms with Crippen molar-refractivity contribution in [3.8, 4) is 11.5 Å². The molecule has 0 bridgehead atoms. The van der Waals surface area contributed by atoms with Crippen LogP contribution >= 0.6 is 0 Å². The van der Waals surface area contributed by atoms with E-state index in [1.807, 2.05) is 0 Å². The second-order valence-corrected chi connectivity index (χ2v) is 7.38. The molecule has 7 heteroatoms. The molecule has 2 rings (SSSR count). The minimum Gasteiger partial charge on any atom is -0.480 e. The van der Waals surface area contributed by atoms with Crippen LogP contribution in [0.2, 0.25) is 0 Å². The van der Waals surface area contributed by atoms with E-state index in [9.17, 15) is 14.1 Å². The molecule has 2 unspecified atom stereocenters. The van der Waals surface area contributed by atoms with Crippen molar-refractivity contribution in [2.24, 2.45) is 0 Å². The smallest absolute Gasteiger partial charge is 0.326 e. The van der Waals surface area contributed by atoms with Gasteiger partial charge < -0.3 is 14.6 Å². The molecule has 0 aliphatic carbocycles. The van der Waals surface area contributed by atoms with Gasteiger partial charge >= 0.3 is 5.97 Å². The Morgan fingerprint density at radius 1 is 1.35 bits per heavy atom. The fourth-order valence-electron chi connectivity index (χ4n) is 1.64. The Morgan fingerprint density at radius 2 is 2.00 bits per heavy atom. The van der Waals surface area contributed by atoms with E-state index >= 15 is 0 Å². The highest BCUT2D eigenvalue weighted by Gasteiger charge is 2.29. The van der Waals surface area contributed by atoms with E-state index < -0.39 is 27.7 Å². The summed E-state index contributed by atoms with van der Waals surface area (Å²) in [7, 11) is -1.49. The monoisotopic (exact) mass is 299 g/mol. The molecular formula is C13H17NO5S. The fraction of sp³-hybridized carbons (Fsp3) is 0.462. The van der Waals surface area contributed by atoms with Crippen molar-refractivity contribution in [1.82, 2.24) is 4.72 Å². The van der Waals surface area contributed by atoms with E-state index in [-0.39, 0.29) is 6.79 Å². The lowest BCUT2D eigenvalue weighted by molar-refractivity contribution is -0.139. The lowest BCUT2D eigenvalue weighted by atomic mass is 10.1. The second-order valence-electron chi connectivity index (χ2n) is 5.38. The molecule has 0 fully saturated rings. The second kappa shape index (κ2) is 5.41. The summed E-state index contributed by atoms with van der Waals surface area (Å²) >= 11 is 0. The van der Waals surface area contributed by atoms with Gasteiger partial charge in [-0.15, -0.1) is 0 Å². The summed E-state index contributed by atoms with van der Waals surface area (Å²) in [5.74, 6) is -0.0200. The normalized spacial score (nSPS) is 16.8. The number of aliphatic carboxylic acids is 1. The number of carbonyl (C=O) groups is 1. The lowest BCUT2D eigenvalue weighted by Gasteiger charge is -2.22. The third-order valence-electron chi connectivity index (χ3n) is 2.76. The van der Waals surface area contributed by atoms with Gasteiger partial charge in [-0.2, -0.15) is 0 Å². The number of hydrogen-bond acceptors (Lipinski definition) is 4. The number of nitrogens with one attached hydrogen (secondary N) is 1. The summed E-state index contributed by atoms with van der Waals surface area (Å²) in [6, 6.07) is 3.80. The van der Waals surface area contributed by atoms with E-state index in [0.29, 0.717) is 17.1 Å². The molecule has 2 N–H and O–H groups in total. The number of ether oxygens (including phenoxy) is 2. The molecule has 20 heavy (non-hydrogen) atoms. The minimum atomic E-state index is -1.49. The summed E-state index contributed by atoms with van der Waals surface area (Å²) < 4.78 is 24.6. The molecule has 0 amide bonds. The Bertz CT molecular complexity index is 552. The van der Waals surface area contributed by atoms with Crippen LogP contribution in [-0.2, 0) is 15.8 Å². The average Bonchev–Trinajstić information content (AvgIpc) is 2.80. The van der Waals surface area contributed by atoms with Crippen molar-refractivity contribution in [2.75, 3.05) is 6.79 Å². The first-order chi connectivity index (χ1) is 9.29. The van der Waals surface area contributed by atoms with Crippen LogP contribution in [0.1, 0.15) is 32.4 Å². The maximum absolute atomic E-state index is 12.1. The number of carboxylic acids is 1. The highest BCUT2D eigenvalue weighted by Crippen LogP contribution is 2.34. The van der Waals surface area contributed by atoms with Crippen molar-refractivity contribution in [1.29, 1.82) is 0 Å². The van der Waals surface area contributed by atoms with Gasteiger partial charge in [0.25, 0.3) is 0 Å². The number of carboxylic acid groups (broad SMARTS) is 1. The summed E-state index contributed by atoms with van der Waals surface area (Å²) in [5, 5.41) is 9.32. The van der Waals surface area contributed by atoms with E-state index in [4.69, 9.17) is 9.47 Å². The fourth-order valence-corrected chi connectivity index (χ4v) is 2.44. The maximum Gasteiger partial charge on any atom is 0.326 e. The van der Waals surface area contributed by atoms with Crippen molar-refractivity contribution in [2.45, 2.75) is 31.6 Å². The predicted octanol–water partition coefficient (Wildman–Crippen LogP) is 1.59. The summed E-state index contributed by atoms with van der Waals surface area (Å²) in [6.45, 7) is 5.44. The highest BCUT2D eigenvalue weighted by molar-refractivity contribution is 7.84. The topological polar surface area (TPSA) is 84.9 Å². The van der Waals surface area contributed by atoms with Crippen molar-refractivity contribution >= 4 is 17.0 Å². The van der Waals surface area contributed by atoms with Crippen LogP contribution in [0.25, 0.3) is 0 Å². The molecule has 0 aromatic heterocycles. The Hall–Kier alpha value is -1.60. The van der Waals surface area contributed by atoms with Crippen LogP contribution in [0.4, 0.5) is 0 Å². The SMILES string of the molecule is CC(C)(C)S(=O)NC(C(=O)O)c1ccc2c(c1)OCO2.